The Morgan fingerprint density at radius 2 is 1.74 bits per heavy atom. The molecule has 4 rings (SSSR count). The summed E-state index contributed by atoms with van der Waals surface area (Å²) in [6.45, 7) is 0.303. The molecule has 0 N–H and O–H groups in total. The van der Waals surface area contributed by atoms with Crippen molar-refractivity contribution in [1.82, 2.24) is 0 Å². The van der Waals surface area contributed by atoms with Crippen molar-refractivity contribution in [3.63, 3.8) is 0 Å². The van der Waals surface area contributed by atoms with Crippen LogP contribution in [-0.2, 0) is 14.3 Å². The molecule has 0 aliphatic carbocycles. The third-order valence-electron chi connectivity index (χ3n) is 4.10. The van der Waals surface area contributed by atoms with E-state index in [0.717, 1.165) is 21.5 Å². The summed E-state index contributed by atoms with van der Waals surface area (Å²) < 4.78 is 10.1. The zero-order valence-corrected chi connectivity index (χ0v) is 12.3. The summed E-state index contributed by atoms with van der Waals surface area (Å²) in [6.07, 6.45) is -0.378. The van der Waals surface area contributed by atoms with Crippen LogP contribution in [0.4, 0.5) is 0 Å². The van der Waals surface area contributed by atoms with Crippen molar-refractivity contribution in [3.8, 4) is 0 Å². The molecule has 0 radical (unpaired) electrons. The van der Waals surface area contributed by atoms with Gasteiger partial charge in [-0.05, 0) is 39.7 Å². The standard InChI is InChI=1S/C19H14O4/c20-18(23-17-8-9-22-19(17)21)15-7-3-6-14-10-12-4-1-2-5-13(12)11-16(14)15/h1-7,10-11,17H,8-9H2. The summed E-state index contributed by atoms with van der Waals surface area (Å²) in [4.78, 5) is 23.9. The second kappa shape index (κ2) is 5.39. The lowest BCUT2D eigenvalue weighted by atomic mass is 10.00. The lowest BCUT2D eigenvalue weighted by Gasteiger charge is -2.11. The van der Waals surface area contributed by atoms with Crippen LogP contribution in [0.5, 0.6) is 0 Å². The van der Waals surface area contributed by atoms with Gasteiger partial charge in [-0.1, -0.05) is 36.4 Å². The van der Waals surface area contributed by atoms with Crippen LogP contribution in [0, 0.1) is 0 Å². The van der Waals surface area contributed by atoms with Gasteiger partial charge >= 0.3 is 11.9 Å². The molecule has 1 atom stereocenters. The molecule has 0 bridgehead atoms. The van der Waals surface area contributed by atoms with Gasteiger partial charge in [0.15, 0.2) is 0 Å². The second-order valence-corrected chi connectivity index (χ2v) is 5.58. The maximum atomic E-state index is 12.5. The average Bonchev–Trinajstić information content (AvgIpc) is 2.97. The average molecular weight is 306 g/mol. The Kier molecular flexibility index (Phi) is 3.23. The molecule has 4 heteroatoms. The molecule has 1 saturated heterocycles. The van der Waals surface area contributed by atoms with Crippen LogP contribution in [0.1, 0.15) is 16.8 Å². The number of hydrogen-bond donors (Lipinski definition) is 0. The Morgan fingerprint density at radius 1 is 1.00 bits per heavy atom. The van der Waals surface area contributed by atoms with Gasteiger partial charge in [-0.15, -0.1) is 0 Å². The summed E-state index contributed by atoms with van der Waals surface area (Å²) in [7, 11) is 0. The summed E-state index contributed by atoms with van der Waals surface area (Å²) in [5, 5.41) is 3.96. The minimum absolute atomic E-state index is 0.303. The van der Waals surface area contributed by atoms with E-state index >= 15 is 0 Å². The molecule has 114 valence electrons. The quantitative estimate of drug-likeness (QED) is 0.537. The maximum absolute atomic E-state index is 12.5. The number of cyclic esters (lactones) is 1. The molecule has 3 aromatic rings. The fourth-order valence-electron chi connectivity index (χ4n) is 2.92. The molecule has 1 heterocycles. The molecule has 0 spiro atoms. The van der Waals surface area contributed by atoms with Crippen molar-refractivity contribution >= 4 is 33.5 Å². The molecule has 1 aliphatic rings. The predicted molar refractivity (Wildman–Crippen MR) is 86.2 cm³/mol. The van der Waals surface area contributed by atoms with E-state index in [0.29, 0.717) is 18.6 Å². The zero-order chi connectivity index (χ0) is 15.8. The minimum Gasteiger partial charge on any atom is -0.463 e. The number of rotatable bonds is 2. The normalized spacial score (nSPS) is 17.4. The van der Waals surface area contributed by atoms with Gasteiger partial charge in [0.25, 0.3) is 0 Å². The van der Waals surface area contributed by atoms with Crippen LogP contribution in [0.15, 0.2) is 54.6 Å². The first-order valence-electron chi connectivity index (χ1n) is 7.51. The van der Waals surface area contributed by atoms with E-state index in [-0.39, 0.29) is 0 Å². The monoisotopic (exact) mass is 306 g/mol. The highest BCUT2D eigenvalue weighted by Gasteiger charge is 2.30. The molecule has 0 saturated carbocycles. The number of benzene rings is 3. The molecular formula is C19H14O4. The number of hydrogen-bond acceptors (Lipinski definition) is 4. The molecule has 0 amide bonds. The predicted octanol–water partition coefficient (Wildman–Crippen LogP) is 3.47. The van der Waals surface area contributed by atoms with E-state index in [1.165, 1.54) is 0 Å². The van der Waals surface area contributed by atoms with Crippen molar-refractivity contribution < 1.29 is 19.1 Å². The molecule has 4 nitrogen and oxygen atoms in total. The van der Waals surface area contributed by atoms with Crippen LogP contribution >= 0.6 is 0 Å². The van der Waals surface area contributed by atoms with Gasteiger partial charge in [0.2, 0.25) is 6.10 Å². The molecule has 1 aliphatic heterocycles. The van der Waals surface area contributed by atoms with Crippen molar-refractivity contribution in [2.24, 2.45) is 0 Å². The van der Waals surface area contributed by atoms with Gasteiger partial charge in [-0.25, -0.2) is 9.59 Å². The van der Waals surface area contributed by atoms with Crippen LogP contribution in [-0.4, -0.2) is 24.6 Å². The van der Waals surface area contributed by atoms with E-state index in [4.69, 9.17) is 9.47 Å². The van der Waals surface area contributed by atoms with E-state index in [1.807, 2.05) is 48.5 Å². The number of ether oxygens (including phenoxy) is 2. The number of esters is 2. The first-order valence-corrected chi connectivity index (χ1v) is 7.51. The van der Waals surface area contributed by atoms with Crippen molar-refractivity contribution in [3.05, 3.63) is 60.2 Å². The lowest BCUT2D eigenvalue weighted by molar-refractivity contribution is -0.145. The Bertz CT molecular complexity index is 929. The van der Waals surface area contributed by atoms with Crippen molar-refractivity contribution in [2.45, 2.75) is 12.5 Å². The largest absolute Gasteiger partial charge is 0.463 e. The third-order valence-corrected chi connectivity index (χ3v) is 4.10. The Labute approximate surface area is 132 Å². The summed E-state index contributed by atoms with van der Waals surface area (Å²) in [5.41, 5.74) is 0.466. The highest BCUT2D eigenvalue weighted by Crippen LogP contribution is 2.26. The Morgan fingerprint density at radius 3 is 2.48 bits per heavy atom. The molecule has 0 aromatic heterocycles. The smallest absolute Gasteiger partial charge is 0.347 e. The summed E-state index contributed by atoms with van der Waals surface area (Å²) >= 11 is 0. The van der Waals surface area contributed by atoms with Gasteiger partial charge in [0.05, 0.1) is 12.2 Å². The van der Waals surface area contributed by atoms with Gasteiger partial charge in [-0.3, -0.25) is 0 Å². The van der Waals surface area contributed by atoms with Gasteiger partial charge < -0.3 is 9.47 Å². The summed E-state index contributed by atoms with van der Waals surface area (Å²) in [6, 6.07) is 17.5. The highest BCUT2D eigenvalue weighted by molar-refractivity contribution is 6.09. The van der Waals surface area contributed by atoms with Gasteiger partial charge in [0, 0.05) is 6.42 Å². The van der Waals surface area contributed by atoms with E-state index < -0.39 is 18.0 Å². The van der Waals surface area contributed by atoms with Crippen LogP contribution in [0.3, 0.4) is 0 Å². The second-order valence-electron chi connectivity index (χ2n) is 5.58. The van der Waals surface area contributed by atoms with E-state index in [1.54, 1.807) is 6.07 Å². The maximum Gasteiger partial charge on any atom is 0.347 e. The fraction of sp³-hybridized carbons (Fsp3) is 0.158. The van der Waals surface area contributed by atoms with Crippen molar-refractivity contribution in [2.75, 3.05) is 6.61 Å². The first-order chi connectivity index (χ1) is 11.2. The Balaban J connectivity index is 1.78. The molecule has 1 fully saturated rings. The fourth-order valence-corrected chi connectivity index (χ4v) is 2.92. The molecular weight excluding hydrogens is 292 g/mol. The summed E-state index contributed by atoms with van der Waals surface area (Å²) in [5.74, 6) is -0.959. The Hall–Kier alpha value is -2.88. The van der Waals surface area contributed by atoms with Crippen molar-refractivity contribution in [1.29, 1.82) is 0 Å². The highest BCUT2D eigenvalue weighted by atomic mass is 16.6. The van der Waals surface area contributed by atoms with E-state index in [2.05, 4.69) is 0 Å². The van der Waals surface area contributed by atoms with Crippen LogP contribution in [0.2, 0.25) is 0 Å². The SMILES string of the molecule is O=C(OC1CCOC1=O)c1cccc2cc3ccccc3cc12. The van der Waals surface area contributed by atoms with Crippen LogP contribution < -0.4 is 0 Å². The first kappa shape index (κ1) is 13.8. The molecule has 1 unspecified atom stereocenters. The number of fused-ring (bicyclic) bond motifs is 2. The van der Waals surface area contributed by atoms with E-state index in [9.17, 15) is 9.59 Å². The van der Waals surface area contributed by atoms with Gasteiger partial charge in [-0.2, -0.15) is 0 Å². The van der Waals surface area contributed by atoms with Crippen LogP contribution in [0.25, 0.3) is 21.5 Å². The van der Waals surface area contributed by atoms with Gasteiger partial charge in [0.1, 0.15) is 0 Å². The molecule has 23 heavy (non-hydrogen) atoms. The minimum atomic E-state index is -0.793. The lowest BCUT2D eigenvalue weighted by Crippen LogP contribution is -2.22. The third kappa shape index (κ3) is 2.42. The molecule has 3 aromatic carbocycles. The number of carbonyl (C=O) groups is 2. The zero-order valence-electron chi connectivity index (χ0n) is 12.3. The number of carbonyl (C=O) groups excluding carboxylic acids is 2. The topological polar surface area (TPSA) is 52.6 Å².